The summed E-state index contributed by atoms with van der Waals surface area (Å²) in [5.41, 5.74) is 8.03. The first-order chi connectivity index (χ1) is 15.9. The lowest BCUT2D eigenvalue weighted by molar-refractivity contribution is -0.121. The van der Waals surface area contributed by atoms with Crippen molar-refractivity contribution in [1.29, 1.82) is 0 Å². The van der Waals surface area contributed by atoms with Crippen LogP contribution >= 0.6 is 11.8 Å². The fraction of sp³-hybridized carbons (Fsp3) is 0.333. The highest BCUT2D eigenvalue weighted by Crippen LogP contribution is 2.30. The highest BCUT2D eigenvalue weighted by molar-refractivity contribution is 8.14. The van der Waals surface area contributed by atoms with E-state index < -0.39 is 5.25 Å². The van der Waals surface area contributed by atoms with Gasteiger partial charge in [0.25, 0.3) is 0 Å². The van der Waals surface area contributed by atoms with Crippen molar-refractivity contribution in [2.24, 2.45) is 15.9 Å². The van der Waals surface area contributed by atoms with Gasteiger partial charge in [-0.1, -0.05) is 25.1 Å². The van der Waals surface area contributed by atoms with Gasteiger partial charge in [0.2, 0.25) is 11.8 Å². The van der Waals surface area contributed by atoms with E-state index in [1.807, 2.05) is 31.2 Å². The van der Waals surface area contributed by atoms with Crippen molar-refractivity contribution in [3.8, 4) is 11.5 Å². The van der Waals surface area contributed by atoms with Gasteiger partial charge in [0.05, 0.1) is 25.1 Å². The number of ether oxygens (including phenoxy) is 2. The Labute approximate surface area is 197 Å². The molecule has 1 atom stereocenters. The number of amides is 2. The number of benzene rings is 2. The number of anilines is 1. The van der Waals surface area contributed by atoms with Crippen LogP contribution in [-0.4, -0.2) is 41.7 Å². The van der Waals surface area contributed by atoms with Gasteiger partial charge in [-0.2, -0.15) is 5.10 Å². The molecule has 2 N–H and O–H groups in total. The van der Waals surface area contributed by atoms with Crippen LogP contribution in [0.4, 0.5) is 5.69 Å². The third kappa shape index (κ3) is 6.35. The minimum atomic E-state index is -0.641. The van der Waals surface area contributed by atoms with Gasteiger partial charge in [0, 0.05) is 6.42 Å². The van der Waals surface area contributed by atoms with E-state index in [-0.39, 0.29) is 23.4 Å². The van der Waals surface area contributed by atoms with E-state index in [0.29, 0.717) is 23.8 Å². The predicted octanol–water partition coefficient (Wildman–Crippen LogP) is 3.98. The van der Waals surface area contributed by atoms with Crippen LogP contribution in [0.15, 0.2) is 58.7 Å². The summed E-state index contributed by atoms with van der Waals surface area (Å²) in [7, 11) is 1.60. The van der Waals surface area contributed by atoms with Crippen molar-refractivity contribution < 1.29 is 19.1 Å². The molecule has 0 aliphatic carbocycles. The van der Waals surface area contributed by atoms with Gasteiger partial charge >= 0.3 is 0 Å². The molecular weight excluding hydrogens is 440 g/mol. The summed E-state index contributed by atoms with van der Waals surface area (Å²) >= 11 is 1.04. The summed E-state index contributed by atoms with van der Waals surface area (Å²) < 4.78 is 10.8. The second kappa shape index (κ2) is 11.5. The maximum Gasteiger partial charge on any atom is 0.247 e. The lowest BCUT2D eigenvalue weighted by atomic mass is 10.1. The number of carbonyl (C=O) groups excluding carboxylic acids is 2. The Morgan fingerprint density at radius 3 is 2.39 bits per heavy atom. The minimum Gasteiger partial charge on any atom is -0.497 e. The third-order valence-corrected chi connectivity index (χ3v) is 6.01. The maximum absolute atomic E-state index is 12.9. The number of hydrogen-bond donors (Lipinski definition) is 1. The number of nitrogens with zero attached hydrogens (tertiary/aromatic N) is 3. The fourth-order valence-corrected chi connectivity index (χ4v) is 3.99. The molecule has 3 rings (SSSR count). The van der Waals surface area contributed by atoms with Crippen molar-refractivity contribution in [3.63, 3.8) is 0 Å². The van der Waals surface area contributed by atoms with Gasteiger partial charge in [0.15, 0.2) is 5.17 Å². The number of hydrogen-bond acceptors (Lipinski definition) is 7. The summed E-state index contributed by atoms with van der Waals surface area (Å²) in [4.78, 5) is 26.6. The van der Waals surface area contributed by atoms with Crippen LogP contribution in [0.1, 0.15) is 38.7 Å². The van der Waals surface area contributed by atoms with Crippen molar-refractivity contribution in [3.05, 3.63) is 54.1 Å². The molecule has 0 bridgehead atoms. The van der Waals surface area contributed by atoms with E-state index in [1.54, 1.807) is 31.4 Å². The minimum absolute atomic E-state index is 0.0512. The Morgan fingerprint density at radius 1 is 1.09 bits per heavy atom. The van der Waals surface area contributed by atoms with Crippen LogP contribution in [-0.2, 0) is 9.59 Å². The van der Waals surface area contributed by atoms with E-state index in [2.05, 4.69) is 17.1 Å². The molecule has 2 aromatic carbocycles. The first-order valence-electron chi connectivity index (χ1n) is 10.7. The van der Waals surface area contributed by atoms with E-state index >= 15 is 0 Å². The number of carbonyl (C=O) groups is 2. The average Bonchev–Trinajstić information content (AvgIpc) is 3.10. The summed E-state index contributed by atoms with van der Waals surface area (Å²) in [6.45, 7) is 4.54. The van der Waals surface area contributed by atoms with Crippen molar-refractivity contribution in [2.45, 2.75) is 38.4 Å². The molecule has 9 heteroatoms. The summed E-state index contributed by atoms with van der Waals surface area (Å²) in [6.07, 6.45) is 2.07. The van der Waals surface area contributed by atoms with E-state index in [0.717, 1.165) is 35.9 Å². The lowest BCUT2D eigenvalue weighted by Gasteiger charge is -2.15. The molecule has 1 fully saturated rings. The molecule has 2 aromatic rings. The standard InChI is InChI=1S/C24H28N4O4S/c1-4-5-14-32-20-12-8-18(9-13-20)28-22(29)15-21(23(28)30)33-24(25)27-26-16(2)17-6-10-19(31-3)11-7-17/h6-13,21H,4-5,14-15H2,1-3H3,(H2,25,27)/b26-16+. The van der Waals surface area contributed by atoms with Crippen LogP contribution in [0.3, 0.4) is 0 Å². The van der Waals surface area contributed by atoms with Gasteiger partial charge in [-0.3, -0.25) is 9.59 Å². The van der Waals surface area contributed by atoms with Gasteiger partial charge in [0.1, 0.15) is 16.7 Å². The van der Waals surface area contributed by atoms with E-state index in [9.17, 15) is 9.59 Å². The molecule has 1 saturated heterocycles. The second-order valence-corrected chi connectivity index (χ2v) is 8.65. The molecule has 1 aliphatic heterocycles. The van der Waals surface area contributed by atoms with Crippen molar-refractivity contribution >= 4 is 40.1 Å². The van der Waals surface area contributed by atoms with Crippen LogP contribution in [0.25, 0.3) is 0 Å². The Bertz CT molecular complexity index is 1040. The summed E-state index contributed by atoms with van der Waals surface area (Å²) in [5, 5.41) is 7.65. The molecule has 174 valence electrons. The number of thioether (sulfide) groups is 1. The topological polar surface area (TPSA) is 107 Å². The van der Waals surface area contributed by atoms with E-state index in [1.165, 1.54) is 4.90 Å². The summed E-state index contributed by atoms with van der Waals surface area (Å²) in [5.74, 6) is 0.859. The number of methoxy groups -OCH3 is 1. The Morgan fingerprint density at radius 2 is 1.76 bits per heavy atom. The number of imide groups is 1. The van der Waals surface area contributed by atoms with Gasteiger partial charge in [-0.15, -0.1) is 5.10 Å². The highest BCUT2D eigenvalue weighted by atomic mass is 32.2. The SMILES string of the molecule is CCCCOc1ccc(N2C(=O)CC(S/C(N)=N/N=C(\C)c3ccc(OC)cc3)C2=O)cc1. The zero-order chi connectivity index (χ0) is 23.8. The molecule has 1 heterocycles. The zero-order valence-electron chi connectivity index (χ0n) is 19.0. The average molecular weight is 469 g/mol. The monoisotopic (exact) mass is 468 g/mol. The van der Waals surface area contributed by atoms with Crippen LogP contribution in [0.2, 0.25) is 0 Å². The largest absolute Gasteiger partial charge is 0.497 e. The predicted molar refractivity (Wildman–Crippen MR) is 132 cm³/mol. The first kappa shape index (κ1) is 24.3. The molecular formula is C24H28N4O4S. The molecule has 0 saturated carbocycles. The van der Waals surface area contributed by atoms with E-state index in [4.69, 9.17) is 15.2 Å². The Kier molecular flexibility index (Phi) is 8.48. The molecule has 33 heavy (non-hydrogen) atoms. The number of rotatable bonds is 9. The number of amidine groups is 1. The maximum atomic E-state index is 12.9. The molecule has 1 unspecified atom stereocenters. The van der Waals surface area contributed by atoms with Crippen LogP contribution in [0, 0.1) is 0 Å². The van der Waals surface area contributed by atoms with Crippen LogP contribution < -0.4 is 20.1 Å². The molecule has 2 amide bonds. The van der Waals surface area contributed by atoms with Crippen LogP contribution in [0.5, 0.6) is 11.5 Å². The molecule has 8 nitrogen and oxygen atoms in total. The molecule has 0 spiro atoms. The zero-order valence-corrected chi connectivity index (χ0v) is 19.8. The van der Waals surface area contributed by atoms with Gasteiger partial charge in [-0.05, 0) is 67.4 Å². The lowest BCUT2D eigenvalue weighted by Crippen LogP contribution is -2.31. The number of unbranched alkanes of at least 4 members (excludes halogenated alkanes) is 1. The smallest absolute Gasteiger partial charge is 0.247 e. The molecule has 0 aromatic heterocycles. The first-order valence-corrected chi connectivity index (χ1v) is 11.6. The highest BCUT2D eigenvalue weighted by Gasteiger charge is 2.40. The molecule has 0 radical (unpaired) electrons. The third-order valence-electron chi connectivity index (χ3n) is 5.04. The number of nitrogens with two attached hydrogens (primary N) is 1. The van der Waals surface area contributed by atoms with Gasteiger partial charge < -0.3 is 15.2 Å². The van der Waals surface area contributed by atoms with Gasteiger partial charge in [-0.25, -0.2) is 4.90 Å². The Hall–Kier alpha value is -3.33. The second-order valence-electron chi connectivity index (χ2n) is 7.43. The fourth-order valence-electron chi connectivity index (χ4n) is 3.18. The normalized spacial score (nSPS) is 16.9. The molecule has 1 aliphatic rings. The van der Waals surface area contributed by atoms with Crippen molar-refractivity contribution in [2.75, 3.05) is 18.6 Å². The van der Waals surface area contributed by atoms with Crippen molar-refractivity contribution in [1.82, 2.24) is 0 Å². The Balaban J connectivity index is 1.62. The quantitative estimate of drug-likeness (QED) is 0.196. The summed E-state index contributed by atoms with van der Waals surface area (Å²) in [6, 6.07) is 14.3.